The lowest BCUT2D eigenvalue weighted by Gasteiger charge is -2.08. The van der Waals surface area contributed by atoms with Crippen LogP contribution in [0.3, 0.4) is 0 Å². The van der Waals surface area contributed by atoms with Gasteiger partial charge in [0.15, 0.2) is 0 Å². The van der Waals surface area contributed by atoms with Crippen molar-refractivity contribution < 1.29 is 9.47 Å². The monoisotopic (exact) mass is 241 g/mol. The van der Waals surface area contributed by atoms with Crippen LogP contribution >= 0.6 is 0 Å². The molecule has 0 fully saturated rings. The maximum absolute atomic E-state index is 8.80. The van der Waals surface area contributed by atoms with Gasteiger partial charge in [-0.25, -0.2) is 0 Å². The molecule has 0 atom stereocenters. The Morgan fingerprint density at radius 2 is 2.11 bits per heavy atom. The van der Waals surface area contributed by atoms with Gasteiger partial charge in [0.2, 0.25) is 11.8 Å². The van der Waals surface area contributed by atoms with Gasteiger partial charge in [0, 0.05) is 6.07 Å². The fourth-order valence-electron chi connectivity index (χ4n) is 1.37. The van der Waals surface area contributed by atoms with Crippen molar-refractivity contribution in [1.29, 1.82) is 5.26 Å². The van der Waals surface area contributed by atoms with Gasteiger partial charge < -0.3 is 15.2 Å². The van der Waals surface area contributed by atoms with Gasteiger partial charge in [0.1, 0.15) is 5.75 Å². The summed E-state index contributed by atoms with van der Waals surface area (Å²) in [5, 5.41) is 8.80. The van der Waals surface area contributed by atoms with Crippen molar-refractivity contribution in [2.75, 3.05) is 12.8 Å². The number of aromatic nitrogens is 1. The Labute approximate surface area is 104 Å². The van der Waals surface area contributed by atoms with E-state index < -0.39 is 0 Å². The van der Waals surface area contributed by atoms with Crippen LogP contribution in [0.4, 0.5) is 5.69 Å². The number of anilines is 1. The number of nitriles is 1. The third-order valence-electron chi connectivity index (χ3n) is 2.25. The van der Waals surface area contributed by atoms with E-state index in [1.807, 2.05) is 6.07 Å². The quantitative estimate of drug-likeness (QED) is 0.891. The first-order valence-corrected chi connectivity index (χ1v) is 5.21. The van der Waals surface area contributed by atoms with Gasteiger partial charge in [0.25, 0.3) is 0 Å². The average Bonchev–Trinajstić information content (AvgIpc) is 2.41. The highest BCUT2D eigenvalue weighted by atomic mass is 16.5. The Kier molecular flexibility index (Phi) is 3.30. The van der Waals surface area contributed by atoms with E-state index in [0.29, 0.717) is 22.9 Å². The molecule has 0 aliphatic heterocycles. The molecule has 0 amide bonds. The van der Waals surface area contributed by atoms with Gasteiger partial charge in [0.05, 0.1) is 24.4 Å². The molecule has 1 aromatic heterocycles. The van der Waals surface area contributed by atoms with Crippen molar-refractivity contribution in [1.82, 2.24) is 4.98 Å². The lowest BCUT2D eigenvalue weighted by atomic mass is 10.2. The summed E-state index contributed by atoms with van der Waals surface area (Å²) in [6.45, 7) is 0. The highest BCUT2D eigenvalue weighted by Crippen LogP contribution is 2.27. The highest BCUT2D eigenvalue weighted by Gasteiger charge is 2.06. The predicted octanol–water partition coefficient (Wildman–Crippen LogP) is 2.34. The fourth-order valence-corrected chi connectivity index (χ4v) is 1.37. The van der Waals surface area contributed by atoms with Crippen LogP contribution in [0, 0.1) is 11.3 Å². The molecule has 0 aliphatic rings. The molecule has 2 aromatic rings. The maximum Gasteiger partial charge on any atom is 0.246 e. The van der Waals surface area contributed by atoms with E-state index >= 15 is 0 Å². The van der Waals surface area contributed by atoms with Gasteiger partial charge in [-0.05, 0) is 24.3 Å². The molecule has 5 heteroatoms. The van der Waals surface area contributed by atoms with E-state index in [1.165, 1.54) is 7.11 Å². The molecule has 2 rings (SSSR count). The molecule has 0 bridgehead atoms. The SMILES string of the molecule is COc1ccc(N)c(Oc2cccc(C#N)c2)n1. The Balaban J connectivity index is 2.30. The minimum Gasteiger partial charge on any atom is -0.481 e. The number of nitrogens with zero attached hydrogens (tertiary/aromatic N) is 2. The zero-order chi connectivity index (χ0) is 13.0. The number of rotatable bonds is 3. The summed E-state index contributed by atoms with van der Waals surface area (Å²) >= 11 is 0. The second kappa shape index (κ2) is 5.06. The number of nitrogens with two attached hydrogens (primary N) is 1. The first-order chi connectivity index (χ1) is 8.72. The molecule has 0 aliphatic carbocycles. The Morgan fingerprint density at radius 3 is 2.83 bits per heavy atom. The second-order valence-corrected chi connectivity index (χ2v) is 3.49. The number of hydrogen-bond donors (Lipinski definition) is 1. The van der Waals surface area contributed by atoms with Gasteiger partial charge in [-0.2, -0.15) is 10.2 Å². The third-order valence-corrected chi connectivity index (χ3v) is 2.25. The predicted molar refractivity (Wildman–Crippen MR) is 66.4 cm³/mol. The average molecular weight is 241 g/mol. The van der Waals surface area contributed by atoms with E-state index in [1.54, 1.807) is 36.4 Å². The molecule has 0 saturated heterocycles. The van der Waals surface area contributed by atoms with Gasteiger partial charge in [-0.3, -0.25) is 0 Å². The summed E-state index contributed by atoms with van der Waals surface area (Å²) in [6.07, 6.45) is 0. The summed E-state index contributed by atoms with van der Waals surface area (Å²) in [7, 11) is 1.51. The largest absolute Gasteiger partial charge is 0.481 e. The lowest BCUT2D eigenvalue weighted by molar-refractivity contribution is 0.384. The van der Waals surface area contributed by atoms with Gasteiger partial charge >= 0.3 is 0 Å². The van der Waals surface area contributed by atoms with Crippen LogP contribution in [0.1, 0.15) is 5.56 Å². The molecule has 1 aromatic carbocycles. The van der Waals surface area contributed by atoms with Crippen LogP contribution in [0.5, 0.6) is 17.5 Å². The fraction of sp³-hybridized carbons (Fsp3) is 0.0769. The van der Waals surface area contributed by atoms with Crippen LogP contribution < -0.4 is 15.2 Å². The van der Waals surface area contributed by atoms with Crippen molar-refractivity contribution in [3.8, 4) is 23.6 Å². The smallest absolute Gasteiger partial charge is 0.246 e. The number of nitrogen functional groups attached to an aromatic ring is 1. The van der Waals surface area contributed by atoms with Crippen molar-refractivity contribution in [3.05, 3.63) is 42.0 Å². The van der Waals surface area contributed by atoms with Crippen LogP contribution in [0.2, 0.25) is 0 Å². The Bertz CT molecular complexity index is 605. The molecule has 0 spiro atoms. The standard InChI is InChI=1S/C13H11N3O2/c1-17-12-6-5-11(15)13(16-12)18-10-4-2-3-9(7-10)8-14/h2-7H,15H2,1H3. The van der Waals surface area contributed by atoms with Gasteiger partial charge in [-0.15, -0.1) is 0 Å². The van der Waals surface area contributed by atoms with Crippen molar-refractivity contribution in [2.45, 2.75) is 0 Å². The van der Waals surface area contributed by atoms with E-state index in [4.69, 9.17) is 20.5 Å². The first-order valence-electron chi connectivity index (χ1n) is 5.21. The first kappa shape index (κ1) is 11.7. The minimum atomic E-state index is 0.254. The number of hydrogen-bond acceptors (Lipinski definition) is 5. The van der Waals surface area contributed by atoms with E-state index in [-0.39, 0.29) is 5.88 Å². The summed E-state index contributed by atoms with van der Waals surface area (Å²) in [6, 6.07) is 12.1. The number of ether oxygens (including phenoxy) is 2. The summed E-state index contributed by atoms with van der Waals surface area (Å²) < 4.78 is 10.5. The number of pyridine rings is 1. The molecule has 5 nitrogen and oxygen atoms in total. The molecule has 0 radical (unpaired) electrons. The van der Waals surface area contributed by atoms with Crippen LogP contribution in [0.15, 0.2) is 36.4 Å². The zero-order valence-corrected chi connectivity index (χ0v) is 9.75. The highest BCUT2D eigenvalue weighted by molar-refractivity contribution is 5.51. The van der Waals surface area contributed by atoms with E-state index in [0.717, 1.165) is 0 Å². The molecule has 0 saturated carbocycles. The second-order valence-electron chi connectivity index (χ2n) is 3.49. The summed E-state index contributed by atoms with van der Waals surface area (Å²) in [5.74, 6) is 1.17. The minimum absolute atomic E-state index is 0.254. The molecule has 1 heterocycles. The summed E-state index contributed by atoms with van der Waals surface area (Å²) in [4.78, 5) is 4.09. The van der Waals surface area contributed by atoms with Crippen molar-refractivity contribution in [3.63, 3.8) is 0 Å². The normalized spacial score (nSPS) is 9.56. The Morgan fingerprint density at radius 1 is 1.28 bits per heavy atom. The third kappa shape index (κ3) is 2.50. The van der Waals surface area contributed by atoms with Crippen LogP contribution in [0.25, 0.3) is 0 Å². The van der Waals surface area contributed by atoms with Crippen LogP contribution in [-0.4, -0.2) is 12.1 Å². The molecular weight excluding hydrogens is 230 g/mol. The van der Waals surface area contributed by atoms with Crippen molar-refractivity contribution in [2.24, 2.45) is 0 Å². The molecular formula is C13H11N3O2. The van der Waals surface area contributed by atoms with Crippen molar-refractivity contribution >= 4 is 5.69 Å². The summed E-state index contributed by atoms with van der Waals surface area (Å²) in [5.41, 5.74) is 6.66. The molecule has 90 valence electrons. The Hall–Kier alpha value is -2.74. The van der Waals surface area contributed by atoms with Crippen LogP contribution in [-0.2, 0) is 0 Å². The zero-order valence-electron chi connectivity index (χ0n) is 9.75. The molecule has 0 unspecified atom stereocenters. The molecule has 18 heavy (non-hydrogen) atoms. The number of benzene rings is 1. The number of methoxy groups -OCH3 is 1. The lowest BCUT2D eigenvalue weighted by Crippen LogP contribution is -1.97. The van der Waals surface area contributed by atoms with Gasteiger partial charge in [-0.1, -0.05) is 6.07 Å². The topological polar surface area (TPSA) is 81.2 Å². The van der Waals surface area contributed by atoms with E-state index in [9.17, 15) is 0 Å². The maximum atomic E-state index is 8.80. The van der Waals surface area contributed by atoms with E-state index in [2.05, 4.69) is 4.98 Å². The molecule has 2 N–H and O–H groups in total.